The van der Waals surface area contributed by atoms with Gasteiger partial charge in [0.2, 0.25) is 10.0 Å². The maximum Gasteiger partial charge on any atom is 0.331 e. The third-order valence-corrected chi connectivity index (χ3v) is 7.67. The summed E-state index contributed by atoms with van der Waals surface area (Å²) in [6, 6.07) is 18.2. The molecule has 190 valence electrons. The molecule has 0 bridgehead atoms. The van der Waals surface area contributed by atoms with Crippen molar-refractivity contribution in [3.8, 4) is 11.3 Å². The van der Waals surface area contributed by atoms with Crippen LogP contribution in [0.3, 0.4) is 0 Å². The fourth-order valence-corrected chi connectivity index (χ4v) is 5.29. The van der Waals surface area contributed by atoms with Crippen LogP contribution in [0.1, 0.15) is 19.4 Å². The van der Waals surface area contributed by atoms with Crippen LogP contribution in [0, 0.1) is 0 Å². The van der Waals surface area contributed by atoms with Gasteiger partial charge in [-0.2, -0.15) is 0 Å². The van der Waals surface area contributed by atoms with Crippen LogP contribution in [0.25, 0.3) is 22.3 Å². The molecule has 9 nitrogen and oxygen atoms in total. The number of hydrogen-bond donors (Lipinski definition) is 2. The Bertz CT molecular complexity index is 1570. The fraction of sp³-hybridized carbons (Fsp3) is 0.308. The van der Waals surface area contributed by atoms with Gasteiger partial charge in [0, 0.05) is 38.4 Å². The SMILES string of the molecule is CCn1c(=O)c2[nH]c(-c3ccc(S(=O)(=O)NCCN(C)Cc4ccccc4)cc3)cc2n(CC)c1=O. The van der Waals surface area contributed by atoms with Crippen molar-refractivity contribution in [2.24, 2.45) is 0 Å². The first-order valence-corrected chi connectivity index (χ1v) is 13.4. The Balaban J connectivity index is 1.49. The number of sulfonamides is 1. The minimum Gasteiger partial charge on any atom is -0.349 e. The van der Waals surface area contributed by atoms with E-state index < -0.39 is 10.0 Å². The molecule has 0 fully saturated rings. The van der Waals surface area contributed by atoms with Crippen molar-refractivity contribution in [1.82, 2.24) is 23.7 Å². The van der Waals surface area contributed by atoms with Gasteiger partial charge in [0.1, 0.15) is 5.52 Å². The highest BCUT2D eigenvalue weighted by Gasteiger charge is 2.17. The lowest BCUT2D eigenvalue weighted by atomic mass is 10.1. The maximum atomic E-state index is 12.8. The van der Waals surface area contributed by atoms with E-state index in [2.05, 4.69) is 14.6 Å². The minimum atomic E-state index is -3.67. The van der Waals surface area contributed by atoms with Crippen molar-refractivity contribution in [2.45, 2.75) is 38.4 Å². The first kappa shape index (κ1) is 25.6. The van der Waals surface area contributed by atoms with Crippen molar-refractivity contribution in [2.75, 3.05) is 20.1 Å². The van der Waals surface area contributed by atoms with Crippen LogP contribution in [0.5, 0.6) is 0 Å². The summed E-state index contributed by atoms with van der Waals surface area (Å²) in [6.45, 7) is 5.90. The molecule has 36 heavy (non-hydrogen) atoms. The highest BCUT2D eigenvalue weighted by molar-refractivity contribution is 7.89. The topological polar surface area (TPSA) is 109 Å². The van der Waals surface area contributed by atoms with E-state index >= 15 is 0 Å². The van der Waals surface area contributed by atoms with Crippen LogP contribution < -0.4 is 16.0 Å². The zero-order valence-electron chi connectivity index (χ0n) is 20.7. The second kappa shape index (κ2) is 10.7. The molecule has 0 saturated carbocycles. The highest BCUT2D eigenvalue weighted by atomic mass is 32.2. The predicted octanol–water partition coefficient (Wildman–Crippen LogP) is 2.61. The Hall–Kier alpha value is -3.47. The van der Waals surface area contributed by atoms with Crippen LogP contribution in [-0.2, 0) is 29.7 Å². The van der Waals surface area contributed by atoms with E-state index in [4.69, 9.17) is 0 Å². The monoisotopic (exact) mass is 509 g/mol. The molecule has 0 aliphatic carbocycles. The molecule has 2 heterocycles. The lowest BCUT2D eigenvalue weighted by molar-refractivity contribution is 0.332. The third kappa shape index (κ3) is 5.20. The molecule has 0 amide bonds. The number of nitrogens with zero attached hydrogens (tertiary/aromatic N) is 3. The number of benzene rings is 2. The molecule has 2 N–H and O–H groups in total. The lowest BCUT2D eigenvalue weighted by Crippen LogP contribution is -2.39. The summed E-state index contributed by atoms with van der Waals surface area (Å²) in [5.74, 6) is 0. The number of fused-ring (bicyclic) bond motifs is 1. The van der Waals surface area contributed by atoms with Gasteiger partial charge in [-0.15, -0.1) is 0 Å². The van der Waals surface area contributed by atoms with E-state index in [1.165, 1.54) is 22.3 Å². The summed E-state index contributed by atoms with van der Waals surface area (Å²) in [7, 11) is -1.72. The largest absolute Gasteiger partial charge is 0.349 e. The zero-order chi connectivity index (χ0) is 25.9. The number of nitrogens with one attached hydrogen (secondary N) is 2. The van der Waals surface area contributed by atoms with Crippen molar-refractivity contribution < 1.29 is 8.42 Å². The standard InChI is InChI=1S/C26H31N5O4S/c1-4-30-23-17-22(28-24(23)25(32)31(5-2)26(30)33)20-11-13-21(14-12-20)36(34,35)27-15-16-29(3)18-19-9-7-6-8-10-19/h6-14,17,27-28H,4-5,15-16,18H2,1-3H3. The second-order valence-electron chi connectivity index (χ2n) is 8.67. The molecule has 0 aliphatic heterocycles. The van der Waals surface area contributed by atoms with Gasteiger partial charge in [0.15, 0.2) is 0 Å². The third-order valence-electron chi connectivity index (χ3n) is 6.20. The summed E-state index contributed by atoms with van der Waals surface area (Å²) < 4.78 is 31.0. The molecule has 10 heteroatoms. The van der Waals surface area contributed by atoms with Crippen molar-refractivity contribution in [3.05, 3.63) is 87.1 Å². The van der Waals surface area contributed by atoms with E-state index in [-0.39, 0.29) is 29.2 Å². The van der Waals surface area contributed by atoms with Gasteiger partial charge in [-0.1, -0.05) is 42.5 Å². The molecule has 0 radical (unpaired) electrons. The molecule has 0 unspecified atom stereocenters. The lowest BCUT2D eigenvalue weighted by Gasteiger charge is -2.17. The van der Waals surface area contributed by atoms with Crippen LogP contribution >= 0.6 is 0 Å². The average molecular weight is 510 g/mol. The molecule has 0 aliphatic rings. The average Bonchev–Trinajstić information content (AvgIpc) is 3.31. The van der Waals surface area contributed by atoms with Crippen LogP contribution in [0.15, 0.2) is 75.1 Å². The number of aromatic amines is 1. The summed E-state index contributed by atoms with van der Waals surface area (Å²) >= 11 is 0. The molecule has 4 aromatic rings. The molecule has 0 spiro atoms. The molecule has 2 aromatic carbocycles. The molecule has 0 atom stereocenters. The minimum absolute atomic E-state index is 0.159. The normalized spacial score (nSPS) is 12.0. The summed E-state index contributed by atoms with van der Waals surface area (Å²) in [5, 5.41) is 0. The van der Waals surface area contributed by atoms with Gasteiger partial charge in [-0.25, -0.2) is 17.9 Å². The smallest absolute Gasteiger partial charge is 0.331 e. The molecule has 0 saturated heterocycles. The first-order valence-electron chi connectivity index (χ1n) is 11.9. The molecular formula is C26H31N5O4S. The van der Waals surface area contributed by atoms with E-state index in [1.54, 1.807) is 29.7 Å². The highest BCUT2D eigenvalue weighted by Crippen LogP contribution is 2.23. The first-order chi connectivity index (χ1) is 17.2. The van der Waals surface area contributed by atoms with E-state index in [9.17, 15) is 18.0 Å². The van der Waals surface area contributed by atoms with Crippen LogP contribution in [0.2, 0.25) is 0 Å². The Morgan fingerprint density at radius 2 is 1.61 bits per heavy atom. The summed E-state index contributed by atoms with van der Waals surface area (Å²) in [4.78, 5) is 30.7. The van der Waals surface area contributed by atoms with Gasteiger partial charge in [-0.05, 0) is 50.2 Å². The Morgan fingerprint density at radius 1 is 0.944 bits per heavy atom. The quantitative estimate of drug-likeness (QED) is 0.342. The van der Waals surface area contributed by atoms with Gasteiger partial charge in [0.05, 0.1) is 10.4 Å². The predicted molar refractivity (Wildman–Crippen MR) is 142 cm³/mol. The molecule has 2 aromatic heterocycles. The van der Waals surface area contributed by atoms with Crippen LogP contribution in [-0.4, -0.2) is 47.6 Å². The number of hydrogen-bond acceptors (Lipinski definition) is 5. The van der Waals surface area contributed by atoms with Crippen molar-refractivity contribution in [1.29, 1.82) is 0 Å². The van der Waals surface area contributed by atoms with Crippen LogP contribution in [0.4, 0.5) is 0 Å². The fourth-order valence-electron chi connectivity index (χ4n) is 4.27. The summed E-state index contributed by atoms with van der Waals surface area (Å²) in [6.07, 6.45) is 0. The Morgan fingerprint density at radius 3 is 2.25 bits per heavy atom. The van der Waals surface area contributed by atoms with Crippen molar-refractivity contribution >= 4 is 21.1 Å². The van der Waals surface area contributed by atoms with E-state index in [0.29, 0.717) is 35.4 Å². The van der Waals surface area contributed by atoms with Gasteiger partial charge in [0.25, 0.3) is 5.56 Å². The number of rotatable bonds is 10. The van der Waals surface area contributed by atoms with E-state index in [1.807, 2.05) is 44.3 Å². The Labute approximate surface area is 210 Å². The summed E-state index contributed by atoms with van der Waals surface area (Å²) in [5.41, 5.74) is 2.69. The maximum absolute atomic E-state index is 12.8. The van der Waals surface area contributed by atoms with Crippen molar-refractivity contribution in [3.63, 3.8) is 0 Å². The van der Waals surface area contributed by atoms with Gasteiger partial charge >= 0.3 is 5.69 Å². The Kier molecular flexibility index (Phi) is 7.58. The van der Waals surface area contributed by atoms with Gasteiger partial charge in [-0.3, -0.25) is 13.9 Å². The molecular weight excluding hydrogens is 478 g/mol. The van der Waals surface area contributed by atoms with Gasteiger partial charge < -0.3 is 9.88 Å². The zero-order valence-corrected chi connectivity index (χ0v) is 21.5. The number of aromatic nitrogens is 3. The number of H-pyrrole nitrogens is 1. The second-order valence-corrected chi connectivity index (χ2v) is 10.4. The number of likely N-dealkylation sites (N-methyl/N-ethyl adjacent to an activating group) is 1. The number of aryl methyl sites for hydroxylation is 1. The molecule has 4 rings (SSSR count). The van der Waals surface area contributed by atoms with E-state index in [0.717, 1.165) is 6.54 Å².